The highest BCUT2D eigenvalue weighted by molar-refractivity contribution is 6.10. The van der Waals surface area contributed by atoms with E-state index in [9.17, 15) is 0 Å². The van der Waals surface area contributed by atoms with Crippen molar-refractivity contribution in [2.45, 2.75) is 0 Å². The molecule has 4 heterocycles. The van der Waals surface area contributed by atoms with Gasteiger partial charge in [-0.1, -0.05) is 146 Å². The Labute approximate surface area is 324 Å². The van der Waals surface area contributed by atoms with Crippen molar-refractivity contribution in [2.24, 2.45) is 0 Å². The standard InChI is InChI=1S/C50H32N6/c1-2-11-34(12-3-1)48-54-49(35-24-22-33(23-25-35)40-17-10-28-51-31-40)56-50(55-48)39-16-9-14-37(30-39)36-13-8-15-38(29-36)41-26-27-46(52-32-41)47-44-20-5-4-18-42(44)43-19-6-7-21-45(43)53-47/h1-32H. The lowest BCUT2D eigenvalue weighted by molar-refractivity contribution is 1.07. The minimum atomic E-state index is 0.609. The van der Waals surface area contributed by atoms with Gasteiger partial charge in [0.1, 0.15) is 0 Å². The second-order valence-corrected chi connectivity index (χ2v) is 13.6. The Hall–Kier alpha value is -7.70. The van der Waals surface area contributed by atoms with Crippen LogP contribution in [0.4, 0.5) is 0 Å². The molecule has 0 unspecified atom stereocenters. The molecule has 0 atom stereocenters. The van der Waals surface area contributed by atoms with Gasteiger partial charge < -0.3 is 0 Å². The Bertz CT molecular complexity index is 3000. The highest BCUT2D eigenvalue weighted by Gasteiger charge is 2.15. The van der Waals surface area contributed by atoms with Crippen molar-refractivity contribution in [3.8, 4) is 78.9 Å². The molecular weight excluding hydrogens is 685 g/mol. The lowest BCUT2D eigenvalue weighted by Gasteiger charge is -2.11. The summed E-state index contributed by atoms with van der Waals surface area (Å²) < 4.78 is 0. The largest absolute Gasteiger partial charge is 0.264 e. The summed E-state index contributed by atoms with van der Waals surface area (Å²) in [7, 11) is 0. The van der Waals surface area contributed by atoms with Crippen LogP contribution in [0.25, 0.3) is 101 Å². The number of pyridine rings is 3. The van der Waals surface area contributed by atoms with Gasteiger partial charge in [-0.25, -0.2) is 19.9 Å². The maximum atomic E-state index is 5.04. The van der Waals surface area contributed by atoms with E-state index in [1.54, 1.807) is 6.20 Å². The Morgan fingerprint density at radius 2 is 0.821 bits per heavy atom. The lowest BCUT2D eigenvalue weighted by atomic mass is 9.98. The summed E-state index contributed by atoms with van der Waals surface area (Å²) in [5, 5.41) is 3.41. The van der Waals surface area contributed by atoms with Crippen molar-refractivity contribution in [2.75, 3.05) is 0 Å². The van der Waals surface area contributed by atoms with Crippen LogP contribution < -0.4 is 0 Å². The van der Waals surface area contributed by atoms with Gasteiger partial charge in [-0.15, -0.1) is 0 Å². The van der Waals surface area contributed by atoms with Crippen LogP contribution in [0.5, 0.6) is 0 Å². The number of fused-ring (bicyclic) bond motifs is 3. The maximum absolute atomic E-state index is 5.04. The molecule has 4 aromatic heterocycles. The number of aromatic nitrogens is 6. The molecule has 0 fully saturated rings. The number of rotatable bonds is 7. The molecule has 0 aliphatic carbocycles. The molecule has 262 valence electrons. The predicted octanol–water partition coefficient (Wildman–Crippen LogP) is 12.0. The fraction of sp³-hybridized carbons (Fsp3) is 0. The third-order valence-corrected chi connectivity index (χ3v) is 10.1. The predicted molar refractivity (Wildman–Crippen MR) is 226 cm³/mol. The maximum Gasteiger partial charge on any atom is 0.164 e. The zero-order valence-corrected chi connectivity index (χ0v) is 30.2. The molecule has 0 aliphatic rings. The molecule has 0 amide bonds. The van der Waals surface area contributed by atoms with E-state index in [4.69, 9.17) is 24.9 Å². The van der Waals surface area contributed by atoms with E-state index < -0.39 is 0 Å². The molecule has 6 nitrogen and oxygen atoms in total. The molecular formula is C50H32N6. The molecule has 6 heteroatoms. The summed E-state index contributed by atoms with van der Waals surface area (Å²) in [4.78, 5) is 29.2. The van der Waals surface area contributed by atoms with Crippen LogP contribution in [0, 0.1) is 0 Å². The molecule has 0 aliphatic heterocycles. The fourth-order valence-corrected chi connectivity index (χ4v) is 7.22. The number of benzene rings is 6. The summed E-state index contributed by atoms with van der Waals surface area (Å²) >= 11 is 0. The molecule has 6 aromatic carbocycles. The van der Waals surface area contributed by atoms with Crippen molar-refractivity contribution in [1.82, 2.24) is 29.9 Å². The summed E-state index contributed by atoms with van der Waals surface area (Å²) in [6.07, 6.45) is 5.59. The summed E-state index contributed by atoms with van der Waals surface area (Å²) in [5.41, 5.74) is 11.8. The van der Waals surface area contributed by atoms with Crippen molar-refractivity contribution < 1.29 is 0 Å². The van der Waals surface area contributed by atoms with Gasteiger partial charge in [0.2, 0.25) is 0 Å². The van der Waals surface area contributed by atoms with Crippen LogP contribution in [0.1, 0.15) is 0 Å². The van der Waals surface area contributed by atoms with Crippen LogP contribution in [-0.4, -0.2) is 29.9 Å². The Morgan fingerprint density at radius 3 is 1.52 bits per heavy atom. The molecule has 0 spiro atoms. The number of hydrogen-bond acceptors (Lipinski definition) is 6. The highest BCUT2D eigenvalue weighted by atomic mass is 15.0. The first kappa shape index (κ1) is 32.9. The monoisotopic (exact) mass is 716 g/mol. The van der Waals surface area contributed by atoms with E-state index in [0.29, 0.717) is 17.5 Å². The third-order valence-electron chi connectivity index (χ3n) is 10.1. The van der Waals surface area contributed by atoms with E-state index >= 15 is 0 Å². The van der Waals surface area contributed by atoms with Crippen molar-refractivity contribution in [1.29, 1.82) is 0 Å². The quantitative estimate of drug-likeness (QED) is 0.153. The van der Waals surface area contributed by atoms with E-state index in [-0.39, 0.29) is 0 Å². The number of para-hydroxylation sites is 1. The fourth-order valence-electron chi connectivity index (χ4n) is 7.22. The Balaban J connectivity index is 0.984. The van der Waals surface area contributed by atoms with Gasteiger partial charge in [-0.3, -0.25) is 9.97 Å². The van der Waals surface area contributed by atoms with Crippen molar-refractivity contribution in [3.63, 3.8) is 0 Å². The van der Waals surface area contributed by atoms with Crippen LogP contribution in [0.15, 0.2) is 195 Å². The second kappa shape index (κ2) is 14.3. The number of nitrogens with zero attached hydrogens (tertiary/aromatic N) is 6. The topological polar surface area (TPSA) is 77.3 Å². The molecule has 0 N–H and O–H groups in total. The van der Waals surface area contributed by atoms with Crippen LogP contribution in [0.2, 0.25) is 0 Å². The highest BCUT2D eigenvalue weighted by Crippen LogP contribution is 2.34. The van der Waals surface area contributed by atoms with Crippen LogP contribution in [0.3, 0.4) is 0 Å². The average Bonchev–Trinajstić information content (AvgIpc) is 3.29. The minimum absolute atomic E-state index is 0.609. The first-order valence-electron chi connectivity index (χ1n) is 18.5. The molecule has 10 rings (SSSR count). The lowest BCUT2D eigenvalue weighted by Crippen LogP contribution is -2.00. The molecule has 0 saturated carbocycles. The van der Waals surface area contributed by atoms with E-state index in [2.05, 4.69) is 138 Å². The van der Waals surface area contributed by atoms with Crippen LogP contribution >= 0.6 is 0 Å². The summed E-state index contributed by atoms with van der Waals surface area (Å²) in [5.74, 6) is 1.84. The minimum Gasteiger partial charge on any atom is -0.264 e. The molecule has 0 radical (unpaired) electrons. The number of hydrogen-bond donors (Lipinski definition) is 0. The van der Waals surface area contributed by atoms with E-state index in [1.807, 2.05) is 54.9 Å². The normalized spacial score (nSPS) is 11.2. The van der Waals surface area contributed by atoms with Gasteiger partial charge in [0.05, 0.1) is 16.9 Å². The zero-order valence-electron chi connectivity index (χ0n) is 30.2. The van der Waals surface area contributed by atoms with Gasteiger partial charge >= 0.3 is 0 Å². The molecule has 56 heavy (non-hydrogen) atoms. The van der Waals surface area contributed by atoms with Gasteiger partial charge in [-0.2, -0.15) is 0 Å². The molecule has 0 bridgehead atoms. The SMILES string of the molecule is c1ccc(-c2nc(-c3ccc(-c4cccnc4)cc3)nc(-c3cccc(-c4cccc(-c5ccc(-c6nc7ccccc7c7ccccc67)nc5)c4)c3)n2)cc1. The van der Waals surface area contributed by atoms with Gasteiger partial charge in [0, 0.05) is 51.6 Å². The second-order valence-electron chi connectivity index (χ2n) is 13.6. The summed E-state index contributed by atoms with van der Waals surface area (Å²) in [6.45, 7) is 0. The van der Waals surface area contributed by atoms with E-state index in [0.717, 1.165) is 77.7 Å². The first-order valence-corrected chi connectivity index (χ1v) is 18.5. The molecule has 10 aromatic rings. The zero-order chi connectivity index (χ0) is 37.3. The van der Waals surface area contributed by atoms with Crippen molar-refractivity contribution in [3.05, 3.63) is 195 Å². The Morgan fingerprint density at radius 1 is 0.304 bits per heavy atom. The smallest absolute Gasteiger partial charge is 0.164 e. The molecule has 0 saturated heterocycles. The summed E-state index contributed by atoms with van der Waals surface area (Å²) in [6, 6.07) is 60.1. The first-order chi connectivity index (χ1) is 27.7. The van der Waals surface area contributed by atoms with Crippen LogP contribution in [-0.2, 0) is 0 Å². The van der Waals surface area contributed by atoms with Gasteiger partial charge in [-0.05, 0) is 63.5 Å². The van der Waals surface area contributed by atoms with Gasteiger partial charge in [0.15, 0.2) is 17.5 Å². The van der Waals surface area contributed by atoms with E-state index in [1.165, 1.54) is 5.39 Å². The average molecular weight is 717 g/mol. The van der Waals surface area contributed by atoms with Gasteiger partial charge in [0.25, 0.3) is 0 Å². The third kappa shape index (κ3) is 6.35. The van der Waals surface area contributed by atoms with Crippen molar-refractivity contribution >= 4 is 21.7 Å². The Kier molecular flexibility index (Phi) is 8.39.